The summed E-state index contributed by atoms with van der Waals surface area (Å²) >= 11 is 0. The Morgan fingerprint density at radius 1 is 1.06 bits per heavy atom. The van der Waals surface area contributed by atoms with Crippen molar-refractivity contribution in [2.45, 2.75) is 25.7 Å². The van der Waals surface area contributed by atoms with Gasteiger partial charge in [-0.3, -0.25) is 4.99 Å². The van der Waals surface area contributed by atoms with E-state index in [1.165, 1.54) is 18.6 Å². The van der Waals surface area contributed by atoms with Gasteiger partial charge in [-0.25, -0.2) is 4.99 Å². The third-order valence-electron chi connectivity index (χ3n) is 3.33. The Bertz CT molecular complexity index is 474. The van der Waals surface area contributed by atoms with Gasteiger partial charge >= 0.3 is 0 Å². The lowest BCUT2D eigenvalue weighted by atomic mass is 9.86. The maximum absolute atomic E-state index is 6.07. The number of nitrogens with two attached hydrogens (primary N) is 1. The summed E-state index contributed by atoms with van der Waals surface area (Å²) in [7, 11) is 0. The first-order valence-corrected chi connectivity index (χ1v) is 5.85. The lowest BCUT2D eigenvalue weighted by Crippen LogP contribution is -2.32. The second kappa shape index (κ2) is 3.74. The van der Waals surface area contributed by atoms with Gasteiger partial charge in [-0.15, -0.1) is 0 Å². The molecule has 1 aliphatic carbocycles. The normalized spacial score (nSPS) is 23.6. The number of aliphatic imine (C=N–C) groups is 2. The number of nitrogens with zero attached hydrogens (tertiary/aromatic N) is 2. The SMILES string of the molecule is NC1=Nc2ccccc2N=C2CCCCC12. The third-order valence-corrected chi connectivity index (χ3v) is 3.33. The molecule has 0 spiro atoms. The van der Waals surface area contributed by atoms with E-state index in [-0.39, 0.29) is 5.92 Å². The average Bonchev–Trinajstić information content (AvgIpc) is 2.45. The van der Waals surface area contributed by atoms with Gasteiger partial charge < -0.3 is 5.73 Å². The zero-order valence-electron chi connectivity index (χ0n) is 9.19. The van der Waals surface area contributed by atoms with Crippen LogP contribution in [-0.4, -0.2) is 11.5 Å². The first-order chi connectivity index (χ1) is 7.84. The molecule has 0 radical (unpaired) electrons. The number of rotatable bonds is 0. The molecule has 2 N–H and O–H groups in total. The van der Waals surface area contributed by atoms with Crippen LogP contribution in [0.15, 0.2) is 34.3 Å². The molecule has 1 atom stereocenters. The fourth-order valence-electron chi connectivity index (χ4n) is 2.47. The predicted molar refractivity (Wildman–Crippen MR) is 66.8 cm³/mol. The Kier molecular flexibility index (Phi) is 2.24. The third kappa shape index (κ3) is 1.52. The molecule has 3 nitrogen and oxygen atoms in total. The molecule has 0 saturated heterocycles. The molecule has 1 aliphatic heterocycles. The standard InChI is InChI=1S/C13H15N3/c14-13-9-5-1-2-6-10(9)15-11-7-3-4-8-12(11)16-13/h3-4,7-9H,1-2,5-6H2,(H2,14,16). The highest BCUT2D eigenvalue weighted by molar-refractivity contribution is 6.09. The molecular formula is C13H15N3. The predicted octanol–water partition coefficient (Wildman–Crippen LogP) is 2.95. The Hall–Kier alpha value is -1.64. The highest BCUT2D eigenvalue weighted by Crippen LogP contribution is 2.34. The van der Waals surface area contributed by atoms with Crippen LogP contribution in [0.5, 0.6) is 0 Å². The van der Waals surface area contributed by atoms with Crippen LogP contribution in [0.1, 0.15) is 25.7 Å². The van der Waals surface area contributed by atoms with Crippen molar-refractivity contribution in [1.82, 2.24) is 0 Å². The Balaban J connectivity index is 2.14. The molecule has 1 aromatic rings. The van der Waals surface area contributed by atoms with E-state index < -0.39 is 0 Å². The lowest BCUT2D eigenvalue weighted by molar-refractivity contribution is 0.611. The molecule has 0 aromatic heterocycles. The van der Waals surface area contributed by atoms with Crippen molar-refractivity contribution in [2.75, 3.05) is 0 Å². The van der Waals surface area contributed by atoms with Crippen LogP contribution in [0.4, 0.5) is 11.4 Å². The summed E-state index contributed by atoms with van der Waals surface area (Å²) in [5, 5.41) is 0. The first-order valence-electron chi connectivity index (χ1n) is 5.85. The van der Waals surface area contributed by atoms with Gasteiger partial charge in [-0.1, -0.05) is 18.6 Å². The van der Waals surface area contributed by atoms with Crippen molar-refractivity contribution in [1.29, 1.82) is 0 Å². The topological polar surface area (TPSA) is 50.7 Å². The van der Waals surface area contributed by atoms with Gasteiger partial charge in [0.05, 0.1) is 17.3 Å². The van der Waals surface area contributed by atoms with E-state index in [4.69, 9.17) is 10.7 Å². The molecule has 0 amide bonds. The fraction of sp³-hybridized carbons (Fsp3) is 0.385. The minimum atomic E-state index is 0.279. The van der Waals surface area contributed by atoms with E-state index in [9.17, 15) is 0 Å². The van der Waals surface area contributed by atoms with E-state index in [1.807, 2.05) is 24.3 Å². The van der Waals surface area contributed by atoms with Gasteiger partial charge in [0.1, 0.15) is 5.84 Å². The van der Waals surface area contributed by atoms with Gasteiger partial charge in [0, 0.05) is 5.71 Å². The van der Waals surface area contributed by atoms with Gasteiger partial charge in [-0.2, -0.15) is 0 Å². The van der Waals surface area contributed by atoms with Crippen molar-refractivity contribution >= 4 is 22.9 Å². The maximum Gasteiger partial charge on any atom is 0.109 e. The van der Waals surface area contributed by atoms with Gasteiger partial charge in [0.15, 0.2) is 0 Å². The number of benzene rings is 1. The molecule has 1 fully saturated rings. The monoisotopic (exact) mass is 213 g/mol. The number of hydrogen-bond donors (Lipinski definition) is 1. The van der Waals surface area contributed by atoms with Crippen molar-refractivity contribution < 1.29 is 0 Å². The molecule has 1 saturated carbocycles. The van der Waals surface area contributed by atoms with Crippen LogP contribution in [0.3, 0.4) is 0 Å². The summed E-state index contributed by atoms with van der Waals surface area (Å²) < 4.78 is 0. The highest BCUT2D eigenvalue weighted by Gasteiger charge is 2.26. The van der Waals surface area contributed by atoms with Gasteiger partial charge in [0.25, 0.3) is 0 Å². The lowest BCUT2D eigenvalue weighted by Gasteiger charge is -2.22. The van der Waals surface area contributed by atoms with Crippen molar-refractivity contribution in [3.05, 3.63) is 24.3 Å². The summed E-state index contributed by atoms with van der Waals surface area (Å²) in [5.74, 6) is 1.02. The molecule has 16 heavy (non-hydrogen) atoms. The largest absolute Gasteiger partial charge is 0.387 e. The molecule has 1 aromatic carbocycles. The van der Waals surface area contributed by atoms with E-state index in [1.54, 1.807) is 0 Å². The highest BCUT2D eigenvalue weighted by atomic mass is 14.9. The quantitative estimate of drug-likeness (QED) is 0.707. The molecule has 2 aliphatic rings. The number of hydrogen-bond acceptors (Lipinski definition) is 3. The molecule has 0 bridgehead atoms. The van der Waals surface area contributed by atoms with E-state index in [0.29, 0.717) is 0 Å². The van der Waals surface area contributed by atoms with Crippen LogP contribution in [-0.2, 0) is 0 Å². The molecular weight excluding hydrogens is 198 g/mol. The van der Waals surface area contributed by atoms with Crippen molar-refractivity contribution in [3.63, 3.8) is 0 Å². The summed E-state index contributed by atoms with van der Waals surface area (Å²) in [4.78, 5) is 9.24. The number of amidine groups is 1. The van der Waals surface area contributed by atoms with Gasteiger partial charge in [0.2, 0.25) is 0 Å². The van der Waals surface area contributed by atoms with Crippen LogP contribution >= 0.6 is 0 Å². The zero-order chi connectivity index (χ0) is 11.0. The van der Waals surface area contributed by atoms with E-state index >= 15 is 0 Å². The molecule has 82 valence electrons. The molecule has 1 heterocycles. The Morgan fingerprint density at radius 2 is 1.81 bits per heavy atom. The van der Waals surface area contributed by atoms with Crippen LogP contribution in [0.25, 0.3) is 0 Å². The van der Waals surface area contributed by atoms with Crippen LogP contribution < -0.4 is 5.73 Å². The first kappa shape index (κ1) is 9.58. The smallest absolute Gasteiger partial charge is 0.109 e. The zero-order valence-corrected chi connectivity index (χ0v) is 9.19. The van der Waals surface area contributed by atoms with Crippen LogP contribution in [0.2, 0.25) is 0 Å². The summed E-state index contributed by atoms with van der Waals surface area (Å²) in [6.45, 7) is 0. The fourth-order valence-corrected chi connectivity index (χ4v) is 2.47. The minimum absolute atomic E-state index is 0.279. The molecule has 3 heteroatoms. The maximum atomic E-state index is 6.07. The summed E-state index contributed by atoms with van der Waals surface area (Å²) in [6.07, 6.45) is 4.62. The second-order valence-electron chi connectivity index (χ2n) is 4.43. The molecule has 3 rings (SSSR count). The average molecular weight is 213 g/mol. The molecule has 1 unspecified atom stereocenters. The Morgan fingerprint density at radius 3 is 2.62 bits per heavy atom. The van der Waals surface area contributed by atoms with E-state index in [2.05, 4.69) is 4.99 Å². The number of fused-ring (bicyclic) bond motifs is 2. The van der Waals surface area contributed by atoms with E-state index in [0.717, 1.165) is 30.1 Å². The number of para-hydroxylation sites is 2. The van der Waals surface area contributed by atoms with Crippen molar-refractivity contribution in [3.8, 4) is 0 Å². The van der Waals surface area contributed by atoms with Crippen molar-refractivity contribution in [2.24, 2.45) is 21.6 Å². The van der Waals surface area contributed by atoms with Gasteiger partial charge in [-0.05, 0) is 31.4 Å². The Labute approximate surface area is 95.1 Å². The minimum Gasteiger partial charge on any atom is -0.387 e. The summed E-state index contributed by atoms with van der Waals surface area (Å²) in [5.41, 5.74) is 9.16. The summed E-state index contributed by atoms with van der Waals surface area (Å²) in [6, 6.07) is 7.96. The second-order valence-corrected chi connectivity index (χ2v) is 4.43. The van der Waals surface area contributed by atoms with Crippen LogP contribution in [0, 0.1) is 5.92 Å².